The Balaban J connectivity index is 2.47. The fraction of sp³-hybridized carbons (Fsp3) is 0. The predicted octanol–water partition coefficient (Wildman–Crippen LogP) is 2.69. The molecule has 0 fully saturated rings. The van der Waals surface area contributed by atoms with Crippen molar-refractivity contribution in [2.45, 2.75) is 9.79 Å². The maximum atomic E-state index is 12.3. The van der Waals surface area contributed by atoms with Crippen molar-refractivity contribution in [2.24, 2.45) is 0 Å². The van der Waals surface area contributed by atoms with Crippen LogP contribution >= 0.6 is 0 Å². The third-order valence-electron chi connectivity index (χ3n) is 2.77. The molecule has 0 bridgehead atoms. The summed E-state index contributed by atoms with van der Waals surface area (Å²) in [5, 5.41) is 0. The zero-order valence-corrected chi connectivity index (χ0v) is 9.55. The summed E-state index contributed by atoms with van der Waals surface area (Å²) in [5.41, 5.74) is 10.6. The molecule has 4 nitrogen and oxygen atoms in total. The van der Waals surface area contributed by atoms with E-state index in [1.807, 2.05) is 0 Å². The minimum absolute atomic E-state index is 0.126. The average Bonchev–Trinajstić information content (AvgIpc) is 2.37. The third kappa shape index (κ3) is 1.26. The van der Waals surface area contributed by atoms with Gasteiger partial charge in [0, 0.05) is 12.1 Å². The lowest BCUT2D eigenvalue weighted by atomic mass is 10.2. The molecule has 0 aliphatic carbocycles. The van der Waals surface area contributed by atoms with Crippen molar-refractivity contribution in [2.75, 3.05) is 0 Å². The second kappa shape index (κ2) is 3.24. The maximum Gasteiger partial charge on any atom is 0.219 e. The van der Waals surface area contributed by atoms with Crippen LogP contribution in [0.15, 0.2) is 58.3 Å². The van der Waals surface area contributed by atoms with Gasteiger partial charge in [-0.25, -0.2) is 13.1 Å². The summed E-state index contributed by atoms with van der Waals surface area (Å²) >= 11 is 0. The monoisotopic (exact) mass is 244 g/mol. The Hall–Kier alpha value is -2.01. The predicted molar refractivity (Wildman–Crippen MR) is 63.1 cm³/mol. The molecule has 1 aliphatic heterocycles. The number of benzene rings is 2. The van der Waals surface area contributed by atoms with E-state index in [-0.39, 0.29) is 21.2 Å². The molecule has 17 heavy (non-hydrogen) atoms. The molecule has 0 amide bonds. The average molecular weight is 244 g/mol. The van der Waals surface area contributed by atoms with Crippen molar-refractivity contribution >= 4 is 21.2 Å². The molecule has 2 aromatic rings. The topological polar surface area (TPSA) is 59.5 Å². The van der Waals surface area contributed by atoms with Gasteiger partial charge >= 0.3 is 0 Å². The molecule has 84 valence electrons. The van der Waals surface area contributed by atoms with E-state index in [9.17, 15) is 13.9 Å². The number of hydrogen-bond acceptors (Lipinski definition) is 2. The Kier molecular flexibility index (Phi) is 1.94. The van der Waals surface area contributed by atoms with Gasteiger partial charge in [-0.05, 0) is 12.1 Å². The lowest BCUT2D eigenvalue weighted by molar-refractivity contribution is 0.593. The summed E-state index contributed by atoms with van der Waals surface area (Å²) in [7, 11) is -3.54. The number of para-hydroxylation sites is 2. The summed E-state index contributed by atoms with van der Waals surface area (Å²) in [4.78, 5) is 0.252. The first-order chi connectivity index (χ1) is 8.12. The highest BCUT2D eigenvalue weighted by atomic mass is 32.2. The van der Waals surface area contributed by atoms with Crippen LogP contribution in [0.1, 0.15) is 0 Å². The molecule has 0 N–H and O–H groups in total. The van der Waals surface area contributed by atoms with Crippen LogP contribution in [0.3, 0.4) is 0 Å². The summed E-state index contributed by atoms with van der Waals surface area (Å²) in [6.45, 7) is 0. The smallest absolute Gasteiger partial charge is 0.219 e. The molecule has 0 spiro atoms. The fourth-order valence-corrected chi connectivity index (χ4v) is 3.58. The van der Waals surface area contributed by atoms with Gasteiger partial charge in [0.15, 0.2) is 0 Å². The van der Waals surface area contributed by atoms with Crippen molar-refractivity contribution < 1.29 is 8.42 Å². The van der Waals surface area contributed by atoms with Crippen LogP contribution < -0.4 is 4.70 Å². The molecule has 2 aromatic carbocycles. The van der Waals surface area contributed by atoms with Crippen LogP contribution in [0.25, 0.3) is 5.53 Å². The Morgan fingerprint density at radius 2 is 1.24 bits per heavy atom. The van der Waals surface area contributed by atoms with E-state index in [2.05, 4.69) is 0 Å². The third-order valence-corrected chi connectivity index (χ3v) is 4.61. The number of hydrogen-bond donors (Lipinski definition) is 0. The molecule has 5 heteroatoms. The van der Waals surface area contributed by atoms with E-state index >= 15 is 0 Å². The van der Waals surface area contributed by atoms with Gasteiger partial charge in [0.2, 0.25) is 21.2 Å². The first-order valence-electron chi connectivity index (χ1n) is 5.04. The van der Waals surface area contributed by atoms with Gasteiger partial charge < -0.3 is 5.53 Å². The Morgan fingerprint density at radius 1 is 0.824 bits per heavy atom. The molecule has 0 radical (unpaired) electrons. The molecule has 1 heterocycles. The Morgan fingerprint density at radius 3 is 1.71 bits per heavy atom. The van der Waals surface area contributed by atoms with Gasteiger partial charge in [-0.1, -0.05) is 24.3 Å². The van der Waals surface area contributed by atoms with Crippen LogP contribution in [0.4, 0.5) is 11.4 Å². The van der Waals surface area contributed by atoms with Crippen molar-refractivity contribution in [3.63, 3.8) is 0 Å². The number of rotatable bonds is 0. The Bertz CT molecular complexity index is 680. The molecule has 0 atom stereocenters. The number of nitrogens with zero attached hydrogens (tertiary/aromatic N) is 2. The summed E-state index contributed by atoms with van der Waals surface area (Å²) in [6, 6.07) is 12.8. The van der Waals surface area contributed by atoms with Crippen molar-refractivity contribution in [3.05, 3.63) is 54.1 Å². The lowest BCUT2D eigenvalue weighted by Gasteiger charge is -2.18. The number of fused-ring (bicyclic) bond motifs is 2. The zero-order chi connectivity index (χ0) is 12.0. The highest BCUT2D eigenvalue weighted by Crippen LogP contribution is 2.40. The van der Waals surface area contributed by atoms with Gasteiger partial charge in [0.25, 0.3) is 0 Å². The summed E-state index contributed by atoms with van der Waals surface area (Å²) in [5.74, 6) is 0. The highest BCUT2D eigenvalue weighted by molar-refractivity contribution is 7.92. The van der Waals surface area contributed by atoms with Gasteiger partial charge in [-0.2, -0.15) is 0 Å². The summed E-state index contributed by atoms with van der Waals surface area (Å²) in [6.07, 6.45) is 0. The van der Waals surface area contributed by atoms with Gasteiger partial charge in [0.1, 0.15) is 9.79 Å². The van der Waals surface area contributed by atoms with Crippen molar-refractivity contribution in [1.82, 2.24) is 4.70 Å². The van der Waals surface area contributed by atoms with E-state index < -0.39 is 9.84 Å². The normalized spacial score (nSPS) is 16.1. The molecule has 3 rings (SSSR count). The first-order valence-corrected chi connectivity index (χ1v) is 6.53. The largest absolute Gasteiger partial charge is 0.493 e. The molecule has 0 saturated heterocycles. The molecular weight excluding hydrogens is 236 g/mol. The summed E-state index contributed by atoms with van der Waals surface area (Å²) < 4.78 is 25.5. The fourth-order valence-electron chi connectivity index (χ4n) is 1.97. The van der Waals surface area contributed by atoms with Crippen LogP contribution in [-0.2, 0) is 9.84 Å². The SMILES string of the molecule is [N-]=[N+]1c2ccccc2S(=O)(=O)c2ccccc21. The molecule has 1 aliphatic rings. The molecule has 0 saturated carbocycles. The quantitative estimate of drug-likeness (QED) is 0.571. The highest BCUT2D eigenvalue weighted by Gasteiger charge is 2.35. The van der Waals surface area contributed by atoms with Crippen LogP contribution in [0, 0.1) is 0 Å². The molecule has 0 aromatic heterocycles. The van der Waals surface area contributed by atoms with E-state index in [4.69, 9.17) is 0 Å². The van der Waals surface area contributed by atoms with Crippen molar-refractivity contribution in [3.8, 4) is 0 Å². The van der Waals surface area contributed by atoms with E-state index in [0.29, 0.717) is 0 Å². The molecule has 0 unspecified atom stereocenters. The van der Waals surface area contributed by atoms with Crippen LogP contribution in [0.5, 0.6) is 0 Å². The Labute approximate surface area is 98.6 Å². The lowest BCUT2D eigenvalue weighted by Crippen LogP contribution is -2.15. The molecular formula is C12H8N2O2S. The van der Waals surface area contributed by atoms with Crippen molar-refractivity contribution in [1.29, 1.82) is 0 Å². The first kappa shape index (κ1) is 10.2. The standard InChI is InChI=1S/C12H8N2O2S/c13-14-9-5-1-3-7-11(9)17(15,16)12-8-4-2-6-10(12)14/h1-8H. The van der Waals surface area contributed by atoms with E-state index in [0.717, 1.165) is 4.70 Å². The maximum absolute atomic E-state index is 12.3. The van der Waals surface area contributed by atoms with Gasteiger partial charge in [-0.15, -0.1) is 0 Å². The second-order valence-electron chi connectivity index (χ2n) is 3.75. The zero-order valence-electron chi connectivity index (χ0n) is 8.74. The minimum Gasteiger partial charge on any atom is -0.493 e. The van der Waals surface area contributed by atoms with Crippen LogP contribution in [0.2, 0.25) is 0 Å². The number of sulfone groups is 1. The van der Waals surface area contributed by atoms with Gasteiger partial charge in [-0.3, -0.25) is 0 Å². The minimum atomic E-state index is -3.54. The van der Waals surface area contributed by atoms with Gasteiger partial charge in [0.05, 0.1) is 0 Å². The van der Waals surface area contributed by atoms with E-state index in [1.165, 1.54) is 12.1 Å². The second-order valence-corrected chi connectivity index (χ2v) is 5.64. The van der Waals surface area contributed by atoms with E-state index in [1.54, 1.807) is 36.4 Å². The van der Waals surface area contributed by atoms with Crippen LogP contribution in [-0.4, -0.2) is 8.42 Å².